The number of halogens is 1. The lowest BCUT2D eigenvalue weighted by Gasteiger charge is -2.07. The van der Waals surface area contributed by atoms with E-state index in [1.165, 1.54) is 12.1 Å². The van der Waals surface area contributed by atoms with Gasteiger partial charge in [0.15, 0.2) is 0 Å². The van der Waals surface area contributed by atoms with E-state index in [4.69, 9.17) is 5.73 Å². The van der Waals surface area contributed by atoms with E-state index < -0.39 is 0 Å². The summed E-state index contributed by atoms with van der Waals surface area (Å²) in [7, 11) is 0. The van der Waals surface area contributed by atoms with Crippen molar-refractivity contribution < 1.29 is 4.39 Å². The number of nitrogens with one attached hydrogen (secondary N) is 1. The highest BCUT2D eigenvalue weighted by atomic mass is 19.1. The van der Waals surface area contributed by atoms with E-state index in [1.54, 1.807) is 6.07 Å². The first kappa shape index (κ1) is 11.6. The van der Waals surface area contributed by atoms with Gasteiger partial charge in [-0.2, -0.15) is 5.10 Å². The fourth-order valence-electron chi connectivity index (χ4n) is 1.88. The Morgan fingerprint density at radius 3 is 2.82 bits per heavy atom. The average Bonchev–Trinajstić information content (AvgIpc) is 2.60. The van der Waals surface area contributed by atoms with Crippen molar-refractivity contribution in [3.8, 4) is 11.3 Å². The summed E-state index contributed by atoms with van der Waals surface area (Å²) in [5.74, 6) is 0.714. The molecule has 2 rings (SSSR count). The maximum Gasteiger partial charge on any atom is 0.149 e. The molecular weight excluding hydrogens is 217 g/mol. The minimum atomic E-state index is -0.258. The molecular formula is C13H16FN3. The standard InChI is InChI=1S/C13H16FN3/c1-8(2)6-11-12(16-17-13(11)15)9-4-3-5-10(14)7-9/h3-5,7-8H,6H2,1-2H3,(H3,15,16,17). The summed E-state index contributed by atoms with van der Waals surface area (Å²) in [5.41, 5.74) is 8.39. The van der Waals surface area contributed by atoms with E-state index in [-0.39, 0.29) is 5.82 Å². The van der Waals surface area contributed by atoms with E-state index >= 15 is 0 Å². The molecule has 0 atom stereocenters. The van der Waals surface area contributed by atoms with Gasteiger partial charge in [0, 0.05) is 11.1 Å². The second-order valence-corrected chi connectivity index (χ2v) is 4.57. The fraction of sp³-hybridized carbons (Fsp3) is 0.308. The summed E-state index contributed by atoms with van der Waals surface area (Å²) in [5, 5.41) is 6.89. The van der Waals surface area contributed by atoms with Crippen molar-refractivity contribution in [3.05, 3.63) is 35.6 Å². The zero-order valence-electron chi connectivity index (χ0n) is 10.00. The maximum absolute atomic E-state index is 13.2. The average molecular weight is 233 g/mol. The molecule has 2 aromatic rings. The van der Waals surface area contributed by atoms with Gasteiger partial charge in [0.05, 0.1) is 5.69 Å². The molecule has 0 aliphatic rings. The Morgan fingerprint density at radius 1 is 1.41 bits per heavy atom. The molecule has 1 heterocycles. The smallest absolute Gasteiger partial charge is 0.149 e. The molecule has 3 nitrogen and oxygen atoms in total. The van der Waals surface area contributed by atoms with Crippen LogP contribution in [0, 0.1) is 11.7 Å². The molecule has 0 aliphatic heterocycles. The van der Waals surface area contributed by atoms with Crippen LogP contribution < -0.4 is 5.73 Å². The van der Waals surface area contributed by atoms with Crippen molar-refractivity contribution >= 4 is 5.82 Å². The largest absolute Gasteiger partial charge is 0.382 e. The lowest BCUT2D eigenvalue weighted by Crippen LogP contribution is -1.99. The van der Waals surface area contributed by atoms with Crippen LogP contribution in [0.4, 0.5) is 10.2 Å². The Labute approximate surface area is 99.9 Å². The molecule has 0 saturated carbocycles. The highest BCUT2D eigenvalue weighted by molar-refractivity contribution is 5.68. The predicted molar refractivity (Wildman–Crippen MR) is 66.9 cm³/mol. The Balaban J connectivity index is 2.45. The quantitative estimate of drug-likeness (QED) is 0.856. The van der Waals surface area contributed by atoms with Crippen LogP contribution in [0.15, 0.2) is 24.3 Å². The Kier molecular flexibility index (Phi) is 3.13. The van der Waals surface area contributed by atoms with Crippen LogP contribution in [0.3, 0.4) is 0 Å². The van der Waals surface area contributed by atoms with Gasteiger partial charge in [0.2, 0.25) is 0 Å². The van der Waals surface area contributed by atoms with Gasteiger partial charge in [-0.05, 0) is 24.5 Å². The van der Waals surface area contributed by atoms with E-state index in [0.717, 1.165) is 23.2 Å². The van der Waals surface area contributed by atoms with Gasteiger partial charge in [-0.25, -0.2) is 4.39 Å². The molecule has 0 spiro atoms. The first-order chi connectivity index (χ1) is 8.08. The molecule has 0 amide bonds. The van der Waals surface area contributed by atoms with Gasteiger partial charge in [-0.3, -0.25) is 5.10 Å². The van der Waals surface area contributed by atoms with Crippen LogP contribution >= 0.6 is 0 Å². The van der Waals surface area contributed by atoms with Gasteiger partial charge in [-0.1, -0.05) is 26.0 Å². The number of nitrogens with two attached hydrogens (primary N) is 1. The van der Waals surface area contributed by atoms with Crippen LogP contribution in [-0.2, 0) is 6.42 Å². The minimum absolute atomic E-state index is 0.258. The first-order valence-corrected chi connectivity index (χ1v) is 5.66. The Morgan fingerprint density at radius 2 is 2.18 bits per heavy atom. The number of nitrogen functional groups attached to an aromatic ring is 1. The number of benzene rings is 1. The van der Waals surface area contributed by atoms with Crippen molar-refractivity contribution in [2.45, 2.75) is 20.3 Å². The van der Waals surface area contributed by atoms with Crippen molar-refractivity contribution in [2.24, 2.45) is 5.92 Å². The molecule has 0 bridgehead atoms. The summed E-state index contributed by atoms with van der Waals surface area (Å²) in [6, 6.07) is 6.43. The summed E-state index contributed by atoms with van der Waals surface area (Å²) in [6.45, 7) is 4.23. The van der Waals surface area contributed by atoms with Gasteiger partial charge >= 0.3 is 0 Å². The van der Waals surface area contributed by atoms with Gasteiger partial charge in [0.25, 0.3) is 0 Å². The third-order valence-corrected chi connectivity index (χ3v) is 2.62. The SMILES string of the molecule is CC(C)Cc1c(N)n[nH]c1-c1cccc(F)c1. The second kappa shape index (κ2) is 4.57. The lowest BCUT2D eigenvalue weighted by atomic mass is 9.99. The summed E-state index contributed by atoms with van der Waals surface area (Å²) >= 11 is 0. The molecule has 0 radical (unpaired) electrons. The normalized spacial score (nSPS) is 11.1. The van der Waals surface area contributed by atoms with Crippen molar-refractivity contribution in [2.75, 3.05) is 5.73 Å². The number of rotatable bonds is 3. The number of hydrogen-bond acceptors (Lipinski definition) is 2. The summed E-state index contributed by atoms with van der Waals surface area (Å²) in [6.07, 6.45) is 0.828. The van der Waals surface area contributed by atoms with E-state index in [0.29, 0.717) is 11.7 Å². The number of aromatic amines is 1. The molecule has 1 aromatic heterocycles. The molecule has 0 aliphatic carbocycles. The van der Waals surface area contributed by atoms with Crippen molar-refractivity contribution in [1.82, 2.24) is 10.2 Å². The highest BCUT2D eigenvalue weighted by Gasteiger charge is 2.14. The number of H-pyrrole nitrogens is 1. The lowest BCUT2D eigenvalue weighted by molar-refractivity contribution is 0.628. The second-order valence-electron chi connectivity index (χ2n) is 4.57. The molecule has 90 valence electrons. The highest BCUT2D eigenvalue weighted by Crippen LogP contribution is 2.27. The third kappa shape index (κ3) is 2.46. The maximum atomic E-state index is 13.2. The summed E-state index contributed by atoms with van der Waals surface area (Å²) in [4.78, 5) is 0. The monoisotopic (exact) mass is 233 g/mol. The summed E-state index contributed by atoms with van der Waals surface area (Å²) < 4.78 is 13.2. The molecule has 17 heavy (non-hydrogen) atoms. The molecule has 4 heteroatoms. The number of aromatic nitrogens is 2. The molecule has 1 aromatic carbocycles. The number of anilines is 1. The molecule has 3 N–H and O–H groups in total. The minimum Gasteiger partial charge on any atom is -0.382 e. The van der Waals surface area contributed by atoms with E-state index in [1.807, 2.05) is 6.07 Å². The predicted octanol–water partition coefficient (Wildman–Crippen LogP) is 3.00. The third-order valence-electron chi connectivity index (χ3n) is 2.62. The molecule has 0 unspecified atom stereocenters. The molecule has 0 fully saturated rings. The van der Waals surface area contributed by atoms with Crippen LogP contribution in [-0.4, -0.2) is 10.2 Å². The number of hydrogen-bond donors (Lipinski definition) is 2. The molecule has 0 saturated heterocycles. The van der Waals surface area contributed by atoms with Crippen LogP contribution in [0.2, 0.25) is 0 Å². The topological polar surface area (TPSA) is 54.7 Å². The van der Waals surface area contributed by atoms with Crippen LogP contribution in [0.25, 0.3) is 11.3 Å². The van der Waals surface area contributed by atoms with Gasteiger partial charge in [-0.15, -0.1) is 0 Å². The fourth-order valence-corrected chi connectivity index (χ4v) is 1.88. The first-order valence-electron chi connectivity index (χ1n) is 5.66. The Hall–Kier alpha value is -1.84. The zero-order valence-corrected chi connectivity index (χ0v) is 10.00. The van der Waals surface area contributed by atoms with Crippen molar-refractivity contribution in [1.29, 1.82) is 0 Å². The number of nitrogens with zero attached hydrogens (tertiary/aromatic N) is 1. The van der Waals surface area contributed by atoms with Crippen LogP contribution in [0.5, 0.6) is 0 Å². The zero-order chi connectivity index (χ0) is 12.4. The van der Waals surface area contributed by atoms with Gasteiger partial charge < -0.3 is 5.73 Å². The van der Waals surface area contributed by atoms with Gasteiger partial charge in [0.1, 0.15) is 11.6 Å². The van der Waals surface area contributed by atoms with E-state index in [2.05, 4.69) is 24.0 Å². The van der Waals surface area contributed by atoms with E-state index in [9.17, 15) is 4.39 Å². The van der Waals surface area contributed by atoms with Crippen LogP contribution in [0.1, 0.15) is 19.4 Å². The Bertz CT molecular complexity index is 517. The van der Waals surface area contributed by atoms with Crippen molar-refractivity contribution in [3.63, 3.8) is 0 Å².